The summed E-state index contributed by atoms with van der Waals surface area (Å²) in [5, 5.41) is 0. The van der Waals surface area contributed by atoms with Gasteiger partial charge in [0.25, 0.3) is 0 Å². The zero-order valence-electron chi connectivity index (χ0n) is 14.6. The van der Waals surface area contributed by atoms with Crippen molar-refractivity contribution in [2.75, 3.05) is 0 Å². The highest BCUT2D eigenvalue weighted by molar-refractivity contribution is 6.04. The molecule has 0 aliphatic carbocycles. The van der Waals surface area contributed by atoms with Gasteiger partial charge in [-0.3, -0.25) is 9.59 Å². The topological polar surface area (TPSA) is 34.1 Å². The van der Waals surface area contributed by atoms with Gasteiger partial charge in [-0.05, 0) is 42.4 Å². The number of carbonyl (C=O) groups is 2. The van der Waals surface area contributed by atoms with Crippen molar-refractivity contribution < 1.29 is 12.4 Å². The van der Waals surface area contributed by atoms with E-state index in [4.69, 9.17) is 6.42 Å². The van der Waals surface area contributed by atoms with Crippen LogP contribution in [0.15, 0.2) is 66.7 Å². The maximum Gasteiger partial charge on any atom is 0.205 e. The van der Waals surface area contributed by atoms with Gasteiger partial charge in [0.2, 0.25) is 5.78 Å². The lowest BCUT2D eigenvalue weighted by molar-refractivity contribution is -0.113. The lowest BCUT2D eigenvalue weighted by Gasteiger charge is -2.02. The summed E-state index contributed by atoms with van der Waals surface area (Å²) < 4.78 is 0. The molecule has 0 aliphatic heterocycles. The fraction of sp³-hybridized carbons (Fsp3) is 0.182. The Labute approximate surface area is 146 Å². The first kappa shape index (κ1) is 17.4. The number of ketones is 2. The number of aryl methyl sites for hydroxylation is 1. The maximum atomic E-state index is 12.0. The molecule has 0 aromatic heterocycles. The van der Waals surface area contributed by atoms with Crippen LogP contribution in [0.4, 0.5) is 0 Å². The van der Waals surface area contributed by atoms with E-state index >= 15 is 0 Å². The van der Waals surface area contributed by atoms with Crippen LogP contribution >= 0.6 is 0 Å². The van der Waals surface area contributed by atoms with E-state index in [0.29, 0.717) is 18.4 Å². The van der Waals surface area contributed by atoms with Gasteiger partial charge in [0.15, 0.2) is 5.78 Å². The van der Waals surface area contributed by atoms with E-state index in [1.54, 1.807) is 6.08 Å². The zero-order chi connectivity index (χ0) is 17.2. The summed E-state index contributed by atoms with van der Waals surface area (Å²) in [7, 11) is 0. The molecule has 0 unspecified atom stereocenters. The van der Waals surface area contributed by atoms with E-state index < -0.39 is 0 Å². The van der Waals surface area contributed by atoms with E-state index in [1.807, 2.05) is 36.4 Å². The predicted molar refractivity (Wildman–Crippen MR) is 100 cm³/mol. The summed E-state index contributed by atoms with van der Waals surface area (Å²) in [6.07, 6.45) is 11.3. The smallest absolute Gasteiger partial charge is 0.205 e. The van der Waals surface area contributed by atoms with E-state index in [9.17, 15) is 9.59 Å². The van der Waals surface area contributed by atoms with Crippen molar-refractivity contribution in [2.24, 2.45) is 0 Å². The number of Topliss-reactive ketones (excluding diaryl/α,β-unsaturated/α-hetero) is 1. The van der Waals surface area contributed by atoms with Crippen molar-refractivity contribution in [3.8, 4) is 12.3 Å². The Bertz CT molecular complexity index is 757. The summed E-state index contributed by atoms with van der Waals surface area (Å²) in [4.78, 5) is 23.0. The van der Waals surface area contributed by atoms with E-state index in [2.05, 4.69) is 30.2 Å². The zero-order valence-corrected chi connectivity index (χ0v) is 13.6. The summed E-state index contributed by atoms with van der Waals surface area (Å²) >= 11 is 0. The Morgan fingerprint density at radius 2 is 1.71 bits per heavy atom. The van der Waals surface area contributed by atoms with Gasteiger partial charge in [0, 0.05) is 14.8 Å². The van der Waals surface area contributed by atoms with Crippen LogP contribution in [0.25, 0.3) is 0 Å². The minimum atomic E-state index is -0.139. The van der Waals surface area contributed by atoms with Gasteiger partial charge in [0.05, 0.1) is 0 Å². The summed E-state index contributed by atoms with van der Waals surface area (Å²) in [5.74, 6) is 2.01. The van der Waals surface area contributed by atoms with Gasteiger partial charge in [-0.15, -0.1) is 6.42 Å². The van der Waals surface area contributed by atoms with Gasteiger partial charge in [-0.2, -0.15) is 0 Å². The molecule has 0 bridgehead atoms. The molecular formula is C22H23O2. The number of terminal acetylenes is 1. The molecule has 0 saturated carbocycles. The molecule has 2 heteroatoms. The van der Waals surface area contributed by atoms with Crippen molar-refractivity contribution in [1.82, 2.24) is 0 Å². The summed E-state index contributed by atoms with van der Waals surface area (Å²) in [6.45, 7) is 0. The summed E-state index contributed by atoms with van der Waals surface area (Å²) in [6, 6.07) is 17.5. The molecule has 0 fully saturated rings. The van der Waals surface area contributed by atoms with E-state index in [-0.39, 0.29) is 14.4 Å². The minimum Gasteiger partial charge on any atom is -0.289 e. The van der Waals surface area contributed by atoms with Crippen LogP contribution in [0.2, 0.25) is 0 Å². The van der Waals surface area contributed by atoms with Crippen molar-refractivity contribution in [3.05, 3.63) is 83.4 Å². The molecule has 1 radical (unpaired) electrons. The van der Waals surface area contributed by atoms with Gasteiger partial charge in [0.1, 0.15) is 0 Å². The van der Waals surface area contributed by atoms with Crippen LogP contribution in [-0.4, -0.2) is 11.6 Å². The second kappa shape index (κ2) is 9.27. The molecule has 2 nitrogen and oxygen atoms in total. The molecule has 0 N–H and O–H groups in total. The van der Waals surface area contributed by atoms with Crippen LogP contribution in [0.5, 0.6) is 0 Å². The highest BCUT2D eigenvalue weighted by Gasteiger charge is 2.00. The average molecular weight is 319 g/mol. The number of rotatable bonds is 8. The first-order valence-corrected chi connectivity index (χ1v) is 8.02. The quantitative estimate of drug-likeness (QED) is 0.309. The lowest BCUT2D eigenvalue weighted by Crippen LogP contribution is -1.95. The fourth-order valence-corrected chi connectivity index (χ4v) is 2.37. The normalized spacial score (nSPS) is 10.5. The number of carbonyl (C=O) groups excluding carboxylic acids is 2. The van der Waals surface area contributed by atoms with E-state index in [1.165, 1.54) is 5.56 Å². The van der Waals surface area contributed by atoms with Crippen LogP contribution in [0.3, 0.4) is 0 Å². The minimum absolute atomic E-state index is 0. The Balaban J connectivity index is 0.00000312. The van der Waals surface area contributed by atoms with Gasteiger partial charge >= 0.3 is 0 Å². The van der Waals surface area contributed by atoms with Gasteiger partial charge in [-0.25, -0.2) is 0 Å². The monoisotopic (exact) mass is 319 g/mol. The maximum absolute atomic E-state index is 12.0. The Kier molecular flexibility index (Phi) is 6.73. The molecule has 2 rings (SSSR count). The largest absolute Gasteiger partial charge is 0.289 e. The van der Waals surface area contributed by atoms with Gasteiger partial charge in [-0.1, -0.05) is 60.7 Å². The molecular weight excluding hydrogens is 296 g/mol. The third-order valence-electron chi connectivity index (χ3n) is 3.73. The molecule has 0 spiro atoms. The van der Waals surface area contributed by atoms with Crippen molar-refractivity contribution in [1.29, 1.82) is 0 Å². The molecule has 0 aliphatic rings. The Hall–Kier alpha value is -2.92. The van der Waals surface area contributed by atoms with Crippen LogP contribution in [0, 0.1) is 12.3 Å². The molecule has 2 aromatic carbocycles. The van der Waals surface area contributed by atoms with Crippen LogP contribution < -0.4 is 0 Å². The van der Waals surface area contributed by atoms with Crippen molar-refractivity contribution in [2.45, 2.75) is 25.7 Å². The standard InChI is InChI=1S/C22H20O2.H2.H/c1-2-21(23)12-6-8-18-14-16-19(17-15-18)9-7-13-22(24)20-10-4-3-5-11-20;;/h1,3-5,7,10-11,13-17H,6,8-9,12H2;1H;/b13-7+;;. The van der Waals surface area contributed by atoms with Gasteiger partial charge < -0.3 is 0 Å². The second-order valence-electron chi connectivity index (χ2n) is 5.57. The molecule has 0 saturated heterocycles. The molecule has 2 aromatic rings. The first-order chi connectivity index (χ1) is 11.7. The molecule has 123 valence electrons. The number of allylic oxidation sites excluding steroid dienone is 2. The third kappa shape index (κ3) is 5.70. The molecule has 0 heterocycles. The van der Waals surface area contributed by atoms with Crippen molar-refractivity contribution in [3.63, 3.8) is 0 Å². The number of hydrogen-bond acceptors (Lipinski definition) is 2. The first-order valence-electron chi connectivity index (χ1n) is 8.02. The average Bonchev–Trinajstić information content (AvgIpc) is 2.63. The third-order valence-corrected chi connectivity index (χ3v) is 3.73. The lowest BCUT2D eigenvalue weighted by atomic mass is 10.0. The molecule has 0 atom stereocenters. The van der Waals surface area contributed by atoms with Crippen LogP contribution in [0.1, 0.15) is 37.2 Å². The fourth-order valence-electron chi connectivity index (χ4n) is 2.37. The van der Waals surface area contributed by atoms with Crippen molar-refractivity contribution >= 4 is 11.6 Å². The number of hydrogen-bond donors (Lipinski definition) is 0. The highest BCUT2D eigenvalue weighted by Crippen LogP contribution is 2.09. The SMILES string of the molecule is C#CC(=O)CCCc1ccc(C/C=C/C(=O)c2ccccc2)cc1.[HH].[H]. The number of benzene rings is 2. The summed E-state index contributed by atoms with van der Waals surface area (Å²) in [5.41, 5.74) is 3.04. The van der Waals surface area contributed by atoms with E-state index in [0.717, 1.165) is 18.4 Å². The molecule has 24 heavy (non-hydrogen) atoms. The highest BCUT2D eigenvalue weighted by atomic mass is 16.1. The Morgan fingerprint density at radius 1 is 1.04 bits per heavy atom. The predicted octanol–water partition coefficient (Wildman–Crippen LogP) is 4.55. The second-order valence-corrected chi connectivity index (χ2v) is 5.57. The molecule has 0 amide bonds. The van der Waals surface area contributed by atoms with Crippen LogP contribution in [-0.2, 0) is 17.6 Å². The Morgan fingerprint density at radius 3 is 2.38 bits per heavy atom.